The Morgan fingerprint density at radius 3 is 1.65 bits per heavy atom. The lowest BCUT2D eigenvalue weighted by Gasteiger charge is -2.16. The molecule has 0 fully saturated rings. The van der Waals surface area contributed by atoms with Crippen LogP contribution in [0, 0.1) is 0 Å². The topological polar surface area (TPSA) is 58.2 Å². The van der Waals surface area contributed by atoms with Crippen molar-refractivity contribution < 1.29 is 9.59 Å². The van der Waals surface area contributed by atoms with Gasteiger partial charge in [0.15, 0.2) is 0 Å². The summed E-state index contributed by atoms with van der Waals surface area (Å²) in [5, 5.41) is 5.69. The number of nitrogens with one attached hydrogen (secondary N) is 2. The lowest BCUT2D eigenvalue weighted by Crippen LogP contribution is -2.18. The second-order valence-electron chi connectivity index (χ2n) is 5.10. The van der Waals surface area contributed by atoms with Gasteiger partial charge in [-0.1, -0.05) is 49.7 Å². The third-order valence-corrected chi connectivity index (χ3v) is 5.24. The lowest BCUT2D eigenvalue weighted by atomic mass is 10.3. The fraction of sp³-hybridized carbons (Fsp3) is 0.222. The summed E-state index contributed by atoms with van der Waals surface area (Å²) in [6.07, 6.45) is 2.41. The van der Waals surface area contributed by atoms with Crippen molar-refractivity contribution in [2.45, 2.75) is 19.8 Å². The summed E-state index contributed by atoms with van der Waals surface area (Å²) in [6, 6.07) is 18.5. The quantitative estimate of drug-likeness (QED) is 0.637. The highest BCUT2D eigenvalue weighted by Crippen LogP contribution is 2.40. The van der Waals surface area contributed by atoms with Crippen molar-refractivity contribution in [3.05, 3.63) is 60.7 Å². The van der Waals surface area contributed by atoms with E-state index >= 15 is 0 Å². The minimum absolute atomic E-state index is 0.201. The zero-order valence-corrected chi connectivity index (χ0v) is 14.1. The number of hydrogen-bond donors (Lipinski definition) is 2. The lowest BCUT2D eigenvalue weighted by molar-refractivity contribution is 0.265. The van der Waals surface area contributed by atoms with Crippen molar-refractivity contribution in [1.82, 2.24) is 0 Å². The smallest absolute Gasteiger partial charge is 0.255 e. The zero-order valence-electron chi connectivity index (χ0n) is 13.2. The van der Waals surface area contributed by atoms with Gasteiger partial charge in [-0.05, 0) is 36.8 Å². The molecule has 5 heteroatoms. The van der Waals surface area contributed by atoms with Crippen LogP contribution in [0.2, 0.25) is 0 Å². The number of amides is 2. The molecule has 23 heavy (non-hydrogen) atoms. The predicted octanol–water partition coefficient (Wildman–Crippen LogP) is 5.73. The average Bonchev–Trinajstić information content (AvgIpc) is 2.57. The average molecular weight is 328 g/mol. The monoisotopic (exact) mass is 328 g/mol. The van der Waals surface area contributed by atoms with Crippen molar-refractivity contribution in [2.24, 2.45) is 0 Å². The highest BCUT2D eigenvalue weighted by Gasteiger charge is 2.26. The molecule has 0 unspecified atom stereocenters. The van der Waals surface area contributed by atoms with Gasteiger partial charge in [-0.25, -0.2) is 0 Å². The van der Waals surface area contributed by atoms with Crippen molar-refractivity contribution >= 4 is 30.6 Å². The summed E-state index contributed by atoms with van der Waals surface area (Å²) in [5.74, 6) is 0. The Labute approximate surface area is 138 Å². The molecular formula is C18H21N2O2P. The number of benzene rings is 2. The minimum atomic E-state index is -1.44. The Kier molecular flexibility index (Phi) is 6.76. The molecule has 0 aromatic heterocycles. The summed E-state index contributed by atoms with van der Waals surface area (Å²) in [7, 11) is -1.44. The van der Waals surface area contributed by atoms with Gasteiger partial charge in [-0.2, -0.15) is 0 Å². The summed E-state index contributed by atoms with van der Waals surface area (Å²) in [6.45, 7) is 2.05. The van der Waals surface area contributed by atoms with Crippen LogP contribution in [0.15, 0.2) is 60.7 Å². The zero-order chi connectivity index (χ0) is 16.5. The van der Waals surface area contributed by atoms with Crippen molar-refractivity contribution in [1.29, 1.82) is 0 Å². The van der Waals surface area contributed by atoms with Crippen LogP contribution in [0.4, 0.5) is 21.0 Å². The summed E-state index contributed by atoms with van der Waals surface area (Å²) in [5.41, 5.74) is 1.03. The maximum absolute atomic E-state index is 12.5. The number of anilines is 2. The first kappa shape index (κ1) is 17.2. The molecule has 0 aliphatic heterocycles. The van der Waals surface area contributed by atoms with Gasteiger partial charge in [0.1, 0.15) is 0 Å². The molecule has 2 aromatic carbocycles. The third-order valence-electron chi connectivity index (χ3n) is 3.28. The van der Waals surface area contributed by atoms with E-state index in [4.69, 9.17) is 0 Å². The Morgan fingerprint density at radius 2 is 1.26 bits per heavy atom. The molecule has 0 bridgehead atoms. The molecule has 0 aliphatic carbocycles. The first-order valence-corrected chi connectivity index (χ1v) is 9.23. The van der Waals surface area contributed by atoms with Crippen LogP contribution in [0.25, 0.3) is 0 Å². The van der Waals surface area contributed by atoms with Gasteiger partial charge < -0.3 is 10.6 Å². The molecule has 0 atom stereocenters. The van der Waals surface area contributed by atoms with Crippen molar-refractivity contribution in [2.75, 3.05) is 16.8 Å². The molecule has 0 spiro atoms. The fourth-order valence-corrected chi connectivity index (χ4v) is 3.79. The summed E-state index contributed by atoms with van der Waals surface area (Å²) in [4.78, 5) is 25.0. The van der Waals surface area contributed by atoms with Crippen molar-refractivity contribution in [3.8, 4) is 0 Å². The normalized spacial score (nSPS) is 10.3. The molecule has 2 rings (SSSR count). The Bertz CT molecular complexity index is 578. The minimum Gasteiger partial charge on any atom is -0.322 e. The van der Waals surface area contributed by atoms with Gasteiger partial charge >= 0.3 is 0 Å². The highest BCUT2D eigenvalue weighted by molar-refractivity contribution is 7.89. The number of carbonyl (C=O) groups excluding carboxylic acids is 2. The summed E-state index contributed by atoms with van der Waals surface area (Å²) >= 11 is 0. The number of carbonyl (C=O) groups is 2. The van der Waals surface area contributed by atoms with Gasteiger partial charge in [0.05, 0.1) is 7.92 Å². The SMILES string of the molecule is CCCCP(C(=O)Nc1ccccc1)C(=O)Nc1ccccc1. The van der Waals surface area contributed by atoms with E-state index in [2.05, 4.69) is 17.6 Å². The Morgan fingerprint density at radius 1 is 0.826 bits per heavy atom. The molecule has 2 aromatic rings. The maximum Gasteiger partial charge on any atom is 0.255 e. The standard InChI is InChI=1S/C18H21N2O2P/c1-2-3-14-23(17(21)19-15-10-6-4-7-11-15)18(22)20-16-12-8-5-9-13-16/h4-13H,2-3,14H2,1H3,(H,19,21)(H,20,22). The highest BCUT2D eigenvalue weighted by atomic mass is 31.1. The van der Waals surface area contributed by atoms with Crippen LogP contribution in [0.5, 0.6) is 0 Å². The maximum atomic E-state index is 12.5. The number of hydrogen-bond acceptors (Lipinski definition) is 2. The van der Waals surface area contributed by atoms with E-state index < -0.39 is 7.92 Å². The molecule has 120 valence electrons. The molecule has 2 N–H and O–H groups in total. The molecular weight excluding hydrogens is 307 g/mol. The number of rotatable bonds is 7. The van der Waals surface area contributed by atoms with Crippen molar-refractivity contribution in [3.63, 3.8) is 0 Å². The Hall–Kier alpha value is -2.19. The van der Waals surface area contributed by atoms with Crippen LogP contribution < -0.4 is 10.6 Å². The third kappa shape index (κ3) is 5.50. The van der Waals surface area contributed by atoms with Crippen LogP contribution in [-0.2, 0) is 0 Å². The van der Waals surface area contributed by atoms with E-state index in [1.165, 1.54) is 0 Å². The van der Waals surface area contributed by atoms with E-state index in [-0.39, 0.29) is 11.3 Å². The van der Waals surface area contributed by atoms with E-state index in [0.29, 0.717) is 17.5 Å². The van der Waals surface area contributed by atoms with Gasteiger partial charge in [0, 0.05) is 11.4 Å². The molecule has 0 radical (unpaired) electrons. The van der Waals surface area contributed by atoms with E-state index in [0.717, 1.165) is 12.8 Å². The van der Waals surface area contributed by atoms with E-state index in [1.807, 2.05) is 60.7 Å². The first-order chi connectivity index (χ1) is 11.2. The second-order valence-corrected chi connectivity index (χ2v) is 7.21. The van der Waals surface area contributed by atoms with Crippen LogP contribution in [0.3, 0.4) is 0 Å². The second kappa shape index (κ2) is 9.06. The van der Waals surface area contributed by atoms with Crippen LogP contribution in [-0.4, -0.2) is 17.5 Å². The van der Waals surface area contributed by atoms with Gasteiger partial charge in [0.2, 0.25) is 0 Å². The predicted molar refractivity (Wildman–Crippen MR) is 97.6 cm³/mol. The van der Waals surface area contributed by atoms with Crippen LogP contribution >= 0.6 is 7.92 Å². The molecule has 0 aliphatic rings. The fourth-order valence-electron chi connectivity index (χ4n) is 2.04. The first-order valence-electron chi connectivity index (χ1n) is 7.70. The summed E-state index contributed by atoms with van der Waals surface area (Å²) < 4.78 is 0. The molecule has 0 saturated heterocycles. The van der Waals surface area contributed by atoms with Gasteiger partial charge in [0.25, 0.3) is 11.3 Å². The molecule has 0 saturated carbocycles. The van der Waals surface area contributed by atoms with Gasteiger partial charge in [-0.3, -0.25) is 9.59 Å². The van der Waals surface area contributed by atoms with Gasteiger partial charge in [-0.15, -0.1) is 0 Å². The number of unbranched alkanes of at least 4 members (excludes halogenated alkanes) is 1. The number of para-hydroxylation sites is 2. The molecule has 2 amide bonds. The van der Waals surface area contributed by atoms with E-state index in [1.54, 1.807) is 0 Å². The molecule has 4 nitrogen and oxygen atoms in total. The largest absolute Gasteiger partial charge is 0.322 e. The van der Waals surface area contributed by atoms with E-state index in [9.17, 15) is 9.59 Å². The Balaban J connectivity index is 2.05. The van der Waals surface area contributed by atoms with Crippen LogP contribution in [0.1, 0.15) is 19.8 Å². The molecule has 0 heterocycles.